The third kappa shape index (κ3) is 3.49. The number of rotatable bonds is 5. The number of nitrogens with one attached hydrogen (secondary N) is 1. The molecule has 4 rings (SSSR count). The molecule has 3 aromatic rings. The topological polar surface area (TPSA) is 79.6 Å². The SMILES string of the molecule is CCc1cc2oc(=O)cc(CN3C(=O)NC(CC)(c4ccc(F)cc4)C3=O)c2cc1Cl. The Hall–Kier alpha value is -3.19. The average Bonchev–Trinajstić information content (AvgIpc) is 2.99. The summed E-state index contributed by atoms with van der Waals surface area (Å²) in [5.74, 6) is -0.904. The molecule has 1 unspecified atom stereocenters. The van der Waals surface area contributed by atoms with Gasteiger partial charge in [0, 0.05) is 16.5 Å². The van der Waals surface area contributed by atoms with Gasteiger partial charge in [0.1, 0.15) is 16.9 Å². The molecular weight excluding hydrogens is 423 g/mol. The van der Waals surface area contributed by atoms with Gasteiger partial charge >= 0.3 is 11.7 Å². The van der Waals surface area contributed by atoms with Crippen molar-refractivity contribution in [1.29, 1.82) is 0 Å². The fourth-order valence-electron chi connectivity index (χ4n) is 4.00. The Morgan fingerprint density at radius 1 is 1.06 bits per heavy atom. The maximum atomic E-state index is 13.4. The Morgan fingerprint density at radius 2 is 1.77 bits per heavy atom. The molecule has 31 heavy (non-hydrogen) atoms. The molecule has 1 fully saturated rings. The molecule has 1 N–H and O–H groups in total. The van der Waals surface area contributed by atoms with Crippen molar-refractivity contribution in [1.82, 2.24) is 10.2 Å². The zero-order chi connectivity index (χ0) is 22.3. The molecule has 0 bridgehead atoms. The quantitative estimate of drug-likeness (QED) is 0.466. The van der Waals surface area contributed by atoms with Crippen LogP contribution in [0.1, 0.15) is 37.0 Å². The lowest BCUT2D eigenvalue weighted by Crippen LogP contribution is -2.43. The lowest BCUT2D eigenvalue weighted by Gasteiger charge is -2.26. The summed E-state index contributed by atoms with van der Waals surface area (Å²) >= 11 is 6.34. The molecule has 1 saturated heterocycles. The minimum atomic E-state index is -1.30. The first-order valence-electron chi connectivity index (χ1n) is 9.94. The first kappa shape index (κ1) is 21.1. The first-order valence-corrected chi connectivity index (χ1v) is 10.3. The standard InChI is InChI=1S/C23H20ClFN2O4/c1-3-13-9-19-17(11-18(13)24)14(10-20(28)31-19)12-27-21(29)23(4-2,26-22(27)30)15-5-7-16(25)8-6-15/h5-11H,3-4,12H2,1-2H3,(H,26,30). The number of hydrogen-bond acceptors (Lipinski definition) is 4. The van der Waals surface area contributed by atoms with E-state index in [0.29, 0.717) is 33.5 Å². The van der Waals surface area contributed by atoms with Gasteiger partial charge in [0.05, 0.1) is 6.54 Å². The van der Waals surface area contributed by atoms with Gasteiger partial charge in [-0.1, -0.05) is 37.6 Å². The highest BCUT2D eigenvalue weighted by Crippen LogP contribution is 2.34. The molecular formula is C23H20ClFN2O4. The van der Waals surface area contributed by atoms with Crippen LogP contribution in [0.3, 0.4) is 0 Å². The summed E-state index contributed by atoms with van der Waals surface area (Å²) in [6.07, 6.45) is 0.940. The van der Waals surface area contributed by atoms with E-state index in [0.717, 1.165) is 10.5 Å². The first-order chi connectivity index (χ1) is 14.8. The number of carbonyl (C=O) groups is 2. The summed E-state index contributed by atoms with van der Waals surface area (Å²) in [6, 6.07) is 9.51. The van der Waals surface area contributed by atoms with E-state index in [1.807, 2.05) is 6.92 Å². The Bertz CT molecular complexity index is 1250. The number of aryl methyl sites for hydroxylation is 1. The van der Waals surface area contributed by atoms with Gasteiger partial charge in [-0.2, -0.15) is 0 Å². The normalized spacial score (nSPS) is 18.6. The lowest BCUT2D eigenvalue weighted by molar-refractivity contribution is -0.132. The van der Waals surface area contributed by atoms with Crippen LogP contribution in [0.25, 0.3) is 11.0 Å². The van der Waals surface area contributed by atoms with Gasteiger partial charge < -0.3 is 9.73 Å². The second-order valence-electron chi connectivity index (χ2n) is 7.47. The Labute approximate surface area is 182 Å². The summed E-state index contributed by atoms with van der Waals surface area (Å²) in [6.45, 7) is 3.57. The van der Waals surface area contributed by atoms with Crippen molar-refractivity contribution >= 4 is 34.5 Å². The molecule has 160 valence electrons. The van der Waals surface area contributed by atoms with Crippen LogP contribution in [0.4, 0.5) is 9.18 Å². The zero-order valence-electron chi connectivity index (χ0n) is 17.0. The number of fused-ring (bicyclic) bond motifs is 1. The van der Waals surface area contributed by atoms with Crippen molar-refractivity contribution in [2.75, 3.05) is 0 Å². The van der Waals surface area contributed by atoms with E-state index in [1.165, 1.54) is 30.3 Å². The van der Waals surface area contributed by atoms with Crippen molar-refractivity contribution < 1.29 is 18.4 Å². The highest BCUT2D eigenvalue weighted by Gasteiger charge is 2.51. The van der Waals surface area contributed by atoms with Crippen molar-refractivity contribution in [3.05, 3.63) is 80.4 Å². The van der Waals surface area contributed by atoms with Gasteiger partial charge in [0.2, 0.25) is 0 Å². The lowest BCUT2D eigenvalue weighted by atomic mass is 9.87. The van der Waals surface area contributed by atoms with Gasteiger partial charge in [0.15, 0.2) is 0 Å². The van der Waals surface area contributed by atoms with Gasteiger partial charge in [-0.15, -0.1) is 0 Å². The summed E-state index contributed by atoms with van der Waals surface area (Å²) in [7, 11) is 0. The van der Waals surface area contributed by atoms with Gasteiger partial charge in [0.25, 0.3) is 5.91 Å². The van der Waals surface area contributed by atoms with Crippen LogP contribution in [-0.2, 0) is 23.3 Å². The highest BCUT2D eigenvalue weighted by atomic mass is 35.5. The summed E-state index contributed by atoms with van der Waals surface area (Å²) in [4.78, 5) is 39.3. The number of benzene rings is 2. The van der Waals surface area contributed by atoms with E-state index < -0.39 is 28.9 Å². The minimum absolute atomic E-state index is 0.127. The molecule has 2 aromatic carbocycles. The third-order valence-corrected chi connectivity index (χ3v) is 6.10. The monoisotopic (exact) mass is 442 g/mol. The molecule has 0 radical (unpaired) electrons. The van der Waals surface area contributed by atoms with Crippen LogP contribution >= 0.6 is 11.6 Å². The minimum Gasteiger partial charge on any atom is -0.423 e. The van der Waals surface area contributed by atoms with Crippen molar-refractivity contribution in [3.8, 4) is 0 Å². The number of urea groups is 1. The van der Waals surface area contributed by atoms with E-state index in [4.69, 9.17) is 16.0 Å². The van der Waals surface area contributed by atoms with Crippen molar-refractivity contribution in [2.45, 2.75) is 38.8 Å². The number of hydrogen-bond donors (Lipinski definition) is 1. The maximum Gasteiger partial charge on any atom is 0.336 e. The van der Waals surface area contributed by atoms with Crippen LogP contribution < -0.4 is 10.9 Å². The number of nitrogens with zero attached hydrogens (tertiary/aromatic N) is 1. The molecule has 1 aliphatic rings. The van der Waals surface area contributed by atoms with E-state index >= 15 is 0 Å². The predicted octanol–water partition coefficient (Wildman–Crippen LogP) is 4.51. The highest BCUT2D eigenvalue weighted by molar-refractivity contribution is 6.32. The summed E-state index contributed by atoms with van der Waals surface area (Å²) in [5.41, 5.74) is 0.226. The van der Waals surface area contributed by atoms with E-state index in [9.17, 15) is 18.8 Å². The third-order valence-electron chi connectivity index (χ3n) is 5.75. The second kappa shape index (κ2) is 7.81. The molecule has 6 nitrogen and oxygen atoms in total. The van der Waals surface area contributed by atoms with Gasteiger partial charge in [-0.05, 0) is 53.8 Å². The number of imide groups is 1. The molecule has 1 aromatic heterocycles. The Morgan fingerprint density at radius 3 is 2.42 bits per heavy atom. The Balaban J connectivity index is 1.76. The molecule has 3 amide bonds. The van der Waals surface area contributed by atoms with Crippen molar-refractivity contribution in [3.63, 3.8) is 0 Å². The molecule has 1 aliphatic heterocycles. The van der Waals surface area contributed by atoms with Crippen LogP contribution in [-0.4, -0.2) is 16.8 Å². The summed E-state index contributed by atoms with van der Waals surface area (Å²) < 4.78 is 18.7. The van der Waals surface area contributed by atoms with Crippen LogP contribution in [0.5, 0.6) is 0 Å². The van der Waals surface area contributed by atoms with E-state index in [-0.39, 0.29) is 13.0 Å². The van der Waals surface area contributed by atoms with E-state index in [2.05, 4.69) is 5.32 Å². The van der Waals surface area contributed by atoms with Crippen molar-refractivity contribution in [2.24, 2.45) is 0 Å². The smallest absolute Gasteiger partial charge is 0.336 e. The Kier molecular flexibility index (Phi) is 5.31. The maximum absolute atomic E-state index is 13.4. The molecule has 8 heteroatoms. The fraction of sp³-hybridized carbons (Fsp3) is 0.261. The molecule has 0 spiro atoms. The fourth-order valence-corrected chi connectivity index (χ4v) is 4.30. The van der Waals surface area contributed by atoms with Crippen LogP contribution in [0.2, 0.25) is 5.02 Å². The van der Waals surface area contributed by atoms with Crippen LogP contribution in [0, 0.1) is 5.82 Å². The summed E-state index contributed by atoms with van der Waals surface area (Å²) in [5, 5.41) is 3.82. The molecule has 2 heterocycles. The van der Waals surface area contributed by atoms with Gasteiger partial charge in [-0.3, -0.25) is 9.69 Å². The average molecular weight is 443 g/mol. The number of amides is 3. The molecule has 0 saturated carbocycles. The zero-order valence-corrected chi connectivity index (χ0v) is 17.8. The molecule has 0 aliphatic carbocycles. The largest absolute Gasteiger partial charge is 0.423 e. The number of halogens is 2. The van der Waals surface area contributed by atoms with Gasteiger partial charge in [-0.25, -0.2) is 14.0 Å². The second-order valence-corrected chi connectivity index (χ2v) is 7.88. The van der Waals surface area contributed by atoms with Crippen LogP contribution in [0.15, 0.2) is 51.7 Å². The predicted molar refractivity (Wildman–Crippen MR) is 114 cm³/mol. The number of carbonyl (C=O) groups excluding carboxylic acids is 2. The van der Waals surface area contributed by atoms with E-state index in [1.54, 1.807) is 19.1 Å². The molecule has 1 atom stereocenters.